The van der Waals surface area contributed by atoms with Crippen LogP contribution in [0.4, 0.5) is 0 Å². The summed E-state index contributed by atoms with van der Waals surface area (Å²) in [5.41, 5.74) is 2.73. The van der Waals surface area contributed by atoms with E-state index in [9.17, 15) is 14.7 Å². The highest BCUT2D eigenvalue weighted by atomic mass is 16.4. The number of benzene rings is 1. The van der Waals surface area contributed by atoms with Crippen molar-refractivity contribution in [2.75, 3.05) is 13.1 Å². The topological polar surface area (TPSA) is 75.4 Å². The number of hydrogen-bond acceptors (Lipinski definition) is 3. The highest BCUT2D eigenvalue weighted by molar-refractivity contribution is 5.95. The first-order chi connectivity index (χ1) is 12.9. The first kappa shape index (κ1) is 17.8. The number of carbonyl (C=O) groups excluding carboxylic acids is 1. The van der Waals surface area contributed by atoms with E-state index in [0.717, 1.165) is 36.2 Å². The molecule has 0 spiro atoms. The molecule has 1 N–H and O–H groups in total. The fourth-order valence-electron chi connectivity index (χ4n) is 4.44. The van der Waals surface area contributed by atoms with Gasteiger partial charge in [-0.1, -0.05) is 32.0 Å². The van der Waals surface area contributed by atoms with Gasteiger partial charge in [-0.05, 0) is 43.7 Å². The Labute approximate surface area is 158 Å². The molecule has 6 heteroatoms. The van der Waals surface area contributed by atoms with E-state index in [1.807, 2.05) is 48.9 Å². The Morgan fingerprint density at radius 3 is 2.56 bits per heavy atom. The second-order valence-electron chi connectivity index (χ2n) is 7.97. The third kappa shape index (κ3) is 2.74. The lowest BCUT2D eigenvalue weighted by atomic mass is 9.76. The summed E-state index contributed by atoms with van der Waals surface area (Å²) in [5, 5.41) is 14.4. The van der Waals surface area contributed by atoms with Gasteiger partial charge in [-0.15, -0.1) is 0 Å². The lowest BCUT2D eigenvalue weighted by Gasteiger charge is -2.28. The Balaban J connectivity index is 1.67. The van der Waals surface area contributed by atoms with E-state index in [2.05, 4.69) is 5.10 Å². The molecule has 1 atom stereocenters. The number of fused-ring (bicyclic) bond motifs is 1. The summed E-state index contributed by atoms with van der Waals surface area (Å²) in [4.78, 5) is 26.8. The van der Waals surface area contributed by atoms with Crippen LogP contribution in [0.15, 0.2) is 30.3 Å². The number of hydrogen-bond donors (Lipinski definition) is 1. The second kappa shape index (κ2) is 6.51. The Morgan fingerprint density at radius 2 is 1.93 bits per heavy atom. The zero-order valence-electron chi connectivity index (χ0n) is 15.8. The first-order valence-corrected chi connectivity index (χ1v) is 9.63. The molecule has 142 valence electrons. The summed E-state index contributed by atoms with van der Waals surface area (Å²) in [6, 6.07) is 9.86. The van der Waals surface area contributed by atoms with Crippen molar-refractivity contribution < 1.29 is 14.7 Å². The lowest BCUT2D eigenvalue weighted by molar-refractivity contribution is -0.150. The maximum atomic E-state index is 13.2. The standard InChI is InChI=1S/C21H25N3O3/c1-14(2)21(20(26)27)11-12-23(13-21)19(25)18-16-9-6-10-17(16)24(22-18)15-7-4-3-5-8-15/h3-5,7-8,14H,6,9-13H2,1-2H3,(H,26,27). The molecular formula is C21H25N3O3. The maximum absolute atomic E-state index is 13.2. The second-order valence-corrected chi connectivity index (χ2v) is 7.97. The Morgan fingerprint density at radius 1 is 1.19 bits per heavy atom. The van der Waals surface area contributed by atoms with Crippen molar-refractivity contribution in [1.29, 1.82) is 0 Å². The van der Waals surface area contributed by atoms with E-state index in [4.69, 9.17) is 0 Å². The number of nitrogens with zero attached hydrogens (tertiary/aromatic N) is 3. The minimum Gasteiger partial charge on any atom is -0.481 e. The molecule has 1 unspecified atom stereocenters. The van der Waals surface area contributed by atoms with Gasteiger partial charge in [0, 0.05) is 24.3 Å². The van der Waals surface area contributed by atoms with Crippen LogP contribution in [0.2, 0.25) is 0 Å². The van der Waals surface area contributed by atoms with Crippen LogP contribution in [0.1, 0.15) is 48.4 Å². The van der Waals surface area contributed by atoms with Crippen molar-refractivity contribution in [2.45, 2.75) is 39.5 Å². The number of aromatic nitrogens is 2. The number of likely N-dealkylation sites (tertiary alicyclic amines) is 1. The summed E-state index contributed by atoms with van der Waals surface area (Å²) in [5.74, 6) is -0.972. The van der Waals surface area contributed by atoms with Crippen LogP contribution in [-0.2, 0) is 17.6 Å². The largest absolute Gasteiger partial charge is 0.481 e. The highest BCUT2D eigenvalue weighted by Gasteiger charge is 2.49. The van der Waals surface area contributed by atoms with Gasteiger partial charge in [0.25, 0.3) is 5.91 Å². The Hall–Kier alpha value is -2.63. The van der Waals surface area contributed by atoms with Crippen LogP contribution in [0, 0.1) is 11.3 Å². The zero-order chi connectivity index (χ0) is 19.2. The molecule has 0 bridgehead atoms. The summed E-state index contributed by atoms with van der Waals surface area (Å²) in [6.07, 6.45) is 3.28. The number of carboxylic acid groups (broad SMARTS) is 1. The van der Waals surface area contributed by atoms with Gasteiger partial charge in [-0.25, -0.2) is 4.68 Å². The van der Waals surface area contributed by atoms with Gasteiger partial charge < -0.3 is 10.0 Å². The molecule has 6 nitrogen and oxygen atoms in total. The van der Waals surface area contributed by atoms with Crippen molar-refractivity contribution in [3.63, 3.8) is 0 Å². The fraction of sp³-hybridized carbons (Fsp3) is 0.476. The van der Waals surface area contributed by atoms with E-state index in [1.165, 1.54) is 0 Å². The van der Waals surface area contributed by atoms with E-state index >= 15 is 0 Å². The molecule has 27 heavy (non-hydrogen) atoms. The Kier molecular flexibility index (Phi) is 4.29. The summed E-state index contributed by atoms with van der Waals surface area (Å²) in [7, 11) is 0. The summed E-state index contributed by atoms with van der Waals surface area (Å²) in [6.45, 7) is 4.57. The molecule has 1 aromatic heterocycles. The maximum Gasteiger partial charge on any atom is 0.311 e. The number of para-hydroxylation sites is 1. The van der Waals surface area contributed by atoms with Crippen LogP contribution >= 0.6 is 0 Å². The molecule has 1 saturated heterocycles. The number of aliphatic carboxylic acids is 1. The van der Waals surface area contributed by atoms with E-state index < -0.39 is 11.4 Å². The average Bonchev–Trinajstić information content (AvgIpc) is 3.37. The molecule has 1 amide bonds. The lowest BCUT2D eigenvalue weighted by Crippen LogP contribution is -2.40. The number of rotatable bonds is 4. The third-order valence-corrected chi connectivity index (χ3v) is 6.25. The van der Waals surface area contributed by atoms with Crippen LogP contribution in [-0.4, -0.2) is 44.8 Å². The number of carbonyl (C=O) groups is 2. The highest BCUT2D eigenvalue weighted by Crippen LogP contribution is 2.39. The average molecular weight is 367 g/mol. The van der Waals surface area contributed by atoms with Crippen molar-refractivity contribution in [2.24, 2.45) is 11.3 Å². The fourth-order valence-corrected chi connectivity index (χ4v) is 4.44. The van der Waals surface area contributed by atoms with Gasteiger partial charge in [-0.3, -0.25) is 9.59 Å². The van der Waals surface area contributed by atoms with Crippen LogP contribution in [0.3, 0.4) is 0 Å². The molecule has 1 aliphatic heterocycles. The Bertz CT molecular complexity index is 888. The quantitative estimate of drug-likeness (QED) is 0.901. The summed E-state index contributed by atoms with van der Waals surface area (Å²) < 4.78 is 1.89. The summed E-state index contributed by atoms with van der Waals surface area (Å²) >= 11 is 0. The normalized spacial score (nSPS) is 21.7. The van der Waals surface area contributed by atoms with Gasteiger partial charge in [0.15, 0.2) is 5.69 Å². The zero-order valence-corrected chi connectivity index (χ0v) is 15.8. The molecule has 2 aromatic rings. The first-order valence-electron chi connectivity index (χ1n) is 9.63. The molecule has 1 fully saturated rings. The van der Waals surface area contributed by atoms with Gasteiger partial charge in [0.1, 0.15) is 0 Å². The van der Waals surface area contributed by atoms with Crippen molar-refractivity contribution in [3.05, 3.63) is 47.3 Å². The molecule has 0 saturated carbocycles. The minimum absolute atomic E-state index is 0.0274. The van der Waals surface area contributed by atoms with Crippen molar-refractivity contribution in [3.8, 4) is 5.69 Å². The molecule has 0 radical (unpaired) electrons. The molecule has 1 aliphatic carbocycles. The van der Waals surface area contributed by atoms with Crippen LogP contribution in [0.25, 0.3) is 5.69 Å². The minimum atomic E-state index is -0.860. The third-order valence-electron chi connectivity index (χ3n) is 6.25. The molecule has 2 aliphatic rings. The molecular weight excluding hydrogens is 342 g/mol. The van der Waals surface area contributed by atoms with Crippen LogP contribution in [0.5, 0.6) is 0 Å². The van der Waals surface area contributed by atoms with Gasteiger partial charge in [0.2, 0.25) is 0 Å². The van der Waals surface area contributed by atoms with E-state index in [1.54, 1.807) is 4.90 Å². The SMILES string of the molecule is CC(C)C1(C(=O)O)CCN(C(=O)c2nn(-c3ccccc3)c3c2CCC3)C1. The predicted molar refractivity (Wildman–Crippen MR) is 101 cm³/mol. The van der Waals surface area contributed by atoms with Gasteiger partial charge in [-0.2, -0.15) is 5.10 Å². The number of carboxylic acids is 1. The predicted octanol–water partition coefficient (Wildman–Crippen LogP) is 2.93. The molecule has 1 aromatic carbocycles. The monoisotopic (exact) mass is 367 g/mol. The number of amides is 1. The van der Waals surface area contributed by atoms with Crippen molar-refractivity contribution >= 4 is 11.9 Å². The van der Waals surface area contributed by atoms with E-state index in [0.29, 0.717) is 18.7 Å². The van der Waals surface area contributed by atoms with Gasteiger partial charge in [0.05, 0.1) is 11.1 Å². The smallest absolute Gasteiger partial charge is 0.311 e. The van der Waals surface area contributed by atoms with Crippen LogP contribution < -0.4 is 0 Å². The van der Waals surface area contributed by atoms with Gasteiger partial charge >= 0.3 is 5.97 Å². The van der Waals surface area contributed by atoms with Crippen molar-refractivity contribution in [1.82, 2.24) is 14.7 Å². The molecule has 2 heterocycles. The molecule has 4 rings (SSSR count). The van der Waals surface area contributed by atoms with E-state index in [-0.39, 0.29) is 18.4 Å².